The molecule has 0 radical (unpaired) electrons. The van der Waals surface area contributed by atoms with Crippen molar-refractivity contribution < 1.29 is 4.79 Å². The van der Waals surface area contributed by atoms with Gasteiger partial charge in [-0.25, -0.2) is 4.79 Å². The van der Waals surface area contributed by atoms with Crippen molar-refractivity contribution in [3.63, 3.8) is 0 Å². The molecule has 0 heterocycles. The first-order valence-corrected chi connectivity index (χ1v) is 7.80. The van der Waals surface area contributed by atoms with Gasteiger partial charge in [0.2, 0.25) is 0 Å². The fourth-order valence-corrected chi connectivity index (χ4v) is 2.43. The normalized spacial score (nSPS) is 11.8. The molecule has 4 heteroatoms. The van der Waals surface area contributed by atoms with Crippen molar-refractivity contribution in [3.8, 4) is 0 Å². The summed E-state index contributed by atoms with van der Waals surface area (Å²) in [7, 11) is 0. The molecule has 0 saturated carbocycles. The molecule has 1 unspecified atom stereocenters. The highest BCUT2D eigenvalue weighted by molar-refractivity contribution is 9.10. The maximum Gasteiger partial charge on any atom is 0.319 e. The summed E-state index contributed by atoms with van der Waals surface area (Å²) in [5.41, 5.74) is 3.14. The SMILES string of the molecule is CCc1ccc(C(C)NC(=O)Nc2ccccc2Br)cc1. The van der Waals surface area contributed by atoms with Crippen LogP contribution in [0.15, 0.2) is 53.0 Å². The molecular weight excluding hydrogens is 328 g/mol. The Morgan fingerprint density at radius 2 is 1.81 bits per heavy atom. The van der Waals surface area contributed by atoms with Crippen LogP contribution in [0.25, 0.3) is 0 Å². The van der Waals surface area contributed by atoms with Gasteiger partial charge in [-0.2, -0.15) is 0 Å². The summed E-state index contributed by atoms with van der Waals surface area (Å²) >= 11 is 3.41. The maximum atomic E-state index is 12.0. The second-order valence-corrected chi connectivity index (χ2v) is 5.75. The lowest BCUT2D eigenvalue weighted by Gasteiger charge is -2.16. The summed E-state index contributed by atoms with van der Waals surface area (Å²) in [5, 5.41) is 5.77. The van der Waals surface area contributed by atoms with Crippen molar-refractivity contribution in [2.75, 3.05) is 5.32 Å². The Labute approximate surface area is 133 Å². The van der Waals surface area contributed by atoms with Crippen LogP contribution in [0.2, 0.25) is 0 Å². The number of urea groups is 1. The molecule has 0 aliphatic heterocycles. The Morgan fingerprint density at radius 1 is 1.14 bits per heavy atom. The van der Waals surface area contributed by atoms with Crippen LogP contribution in [0.1, 0.15) is 31.0 Å². The molecule has 2 N–H and O–H groups in total. The summed E-state index contributed by atoms with van der Waals surface area (Å²) < 4.78 is 0.861. The average Bonchev–Trinajstić information content (AvgIpc) is 2.49. The van der Waals surface area contributed by atoms with Crippen molar-refractivity contribution in [2.45, 2.75) is 26.3 Å². The minimum Gasteiger partial charge on any atom is -0.331 e. The number of benzene rings is 2. The van der Waals surface area contributed by atoms with E-state index >= 15 is 0 Å². The quantitative estimate of drug-likeness (QED) is 0.812. The Kier molecular flexibility index (Phi) is 5.39. The highest BCUT2D eigenvalue weighted by atomic mass is 79.9. The van der Waals surface area contributed by atoms with Crippen molar-refractivity contribution in [3.05, 3.63) is 64.1 Å². The molecule has 0 aromatic heterocycles. The molecule has 0 aliphatic rings. The Hall–Kier alpha value is -1.81. The molecule has 3 nitrogen and oxygen atoms in total. The van der Waals surface area contributed by atoms with E-state index in [2.05, 4.69) is 57.8 Å². The monoisotopic (exact) mass is 346 g/mol. The fraction of sp³-hybridized carbons (Fsp3) is 0.235. The number of amides is 2. The smallest absolute Gasteiger partial charge is 0.319 e. The van der Waals surface area contributed by atoms with Gasteiger partial charge < -0.3 is 10.6 Å². The van der Waals surface area contributed by atoms with Crippen LogP contribution in [0.4, 0.5) is 10.5 Å². The van der Waals surface area contributed by atoms with Crippen LogP contribution < -0.4 is 10.6 Å². The zero-order valence-electron chi connectivity index (χ0n) is 12.2. The number of carbonyl (C=O) groups is 1. The first kappa shape index (κ1) is 15.6. The van der Waals surface area contributed by atoms with Gasteiger partial charge in [0.25, 0.3) is 0 Å². The fourth-order valence-electron chi connectivity index (χ4n) is 2.04. The second kappa shape index (κ2) is 7.27. The number of carbonyl (C=O) groups excluding carboxylic acids is 1. The first-order chi connectivity index (χ1) is 10.1. The molecule has 21 heavy (non-hydrogen) atoms. The van der Waals surface area contributed by atoms with E-state index in [1.165, 1.54) is 5.56 Å². The predicted octanol–water partition coefficient (Wildman–Crippen LogP) is 4.89. The minimum atomic E-state index is -0.214. The summed E-state index contributed by atoms with van der Waals surface area (Å²) in [6.45, 7) is 4.10. The summed E-state index contributed by atoms with van der Waals surface area (Å²) in [4.78, 5) is 12.0. The molecular formula is C17H19BrN2O. The number of hydrogen-bond donors (Lipinski definition) is 2. The van der Waals surface area contributed by atoms with Gasteiger partial charge in [0.15, 0.2) is 0 Å². The number of halogens is 1. The highest BCUT2D eigenvalue weighted by Crippen LogP contribution is 2.21. The third-order valence-electron chi connectivity index (χ3n) is 3.36. The molecule has 2 aromatic carbocycles. The molecule has 0 bridgehead atoms. The van der Waals surface area contributed by atoms with Gasteiger partial charge in [-0.1, -0.05) is 43.3 Å². The van der Waals surface area contributed by atoms with Crippen LogP contribution in [0.3, 0.4) is 0 Å². The van der Waals surface area contributed by atoms with Crippen LogP contribution in [0.5, 0.6) is 0 Å². The lowest BCUT2D eigenvalue weighted by molar-refractivity contribution is 0.249. The first-order valence-electron chi connectivity index (χ1n) is 7.01. The van der Waals surface area contributed by atoms with Crippen molar-refractivity contribution in [1.29, 1.82) is 0 Å². The Bertz CT molecular complexity index is 610. The van der Waals surface area contributed by atoms with Gasteiger partial charge in [0, 0.05) is 4.47 Å². The number of rotatable bonds is 4. The summed E-state index contributed by atoms with van der Waals surface area (Å²) in [6, 6.07) is 15.6. The summed E-state index contributed by atoms with van der Waals surface area (Å²) in [6.07, 6.45) is 1.02. The predicted molar refractivity (Wildman–Crippen MR) is 90.5 cm³/mol. The van der Waals surface area contributed by atoms with Crippen molar-refractivity contribution in [2.24, 2.45) is 0 Å². The zero-order valence-corrected chi connectivity index (χ0v) is 13.8. The highest BCUT2D eigenvalue weighted by Gasteiger charge is 2.10. The molecule has 1 atom stereocenters. The van der Waals surface area contributed by atoms with E-state index in [1.807, 2.05) is 31.2 Å². The molecule has 2 rings (SSSR count). The van der Waals surface area contributed by atoms with Gasteiger partial charge in [-0.3, -0.25) is 0 Å². The molecule has 2 amide bonds. The summed E-state index contributed by atoms with van der Waals surface area (Å²) in [5.74, 6) is 0. The second-order valence-electron chi connectivity index (χ2n) is 4.90. The molecule has 0 saturated heterocycles. The van der Waals surface area contributed by atoms with Gasteiger partial charge in [0.05, 0.1) is 11.7 Å². The van der Waals surface area contributed by atoms with E-state index in [0.29, 0.717) is 0 Å². The molecule has 2 aromatic rings. The van der Waals surface area contributed by atoms with E-state index in [9.17, 15) is 4.79 Å². The number of aryl methyl sites for hydroxylation is 1. The minimum absolute atomic E-state index is 0.0432. The van der Waals surface area contributed by atoms with E-state index in [0.717, 1.165) is 22.1 Å². The standard InChI is InChI=1S/C17H19BrN2O/c1-3-13-8-10-14(11-9-13)12(2)19-17(21)20-16-7-5-4-6-15(16)18/h4-12H,3H2,1-2H3,(H2,19,20,21). The van der Waals surface area contributed by atoms with Crippen molar-refractivity contribution >= 4 is 27.6 Å². The molecule has 0 aliphatic carbocycles. The molecule has 0 fully saturated rings. The lowest BCUT2D eigenvalue weighted by Crippen LogP contribution is -2.31. The number of anilines is 1. The number of para-hydroxylation sites is 1. The van der Waals surface area contributed by atoms with Crippen LogP contribution in [-0.4, -0.2) is 6.03 Å². The molecule has 0 spiro atoms. The number of nitrogens with one attached hydrogen (secondary N) is 2. The van der Waals surface area contributed by atoms with E-state index < -0.39 is 0 Å². The Morgan fingerprint density at radius 3 is 2.43 bits per heavy atom. The third kappa shape index (κ3) is 4.33. The maximum absolute atomic E-state index is 12.0. The lowest BCUT2D eigenvalue weighted by atomic mass is 10.1. The van der Waals surface area contributed by atoms with Gasteiger partial charge in [-0.05, 0) is 52.5 Å². The topological polar surface area (TPSA) is 41.1 Å². The van der Waals surface area contributed by atoms with E-state index in [1.54, 1.807) is 0 Å². The van der Waals surface area contributed by atoms with Crippen LogP contribution >= 0.6 is 15.9 Å². The van der Waals surface area contributed by atoms with Crippen LogP contribution in [-0.2, 0) is 6.42 Å². The van der Waals surface area contributed by atoms with E-state index in [-0.39, 0.29) is 12.1 Å². The Balaban J connectivity index is 1.97. The van der Waals surface area contributed by atoms with Gasteiger partial charge >= 0.3 is 6.03 Å². The largest absolute Gasteiger partial charge is 0.331 e. The molecule has 110 valence electrons. The van der Waals surface area contributed by atoms with Crippen molar-refractivity contribution in [1.82, 2.24) is 5.32 Å². The average molecular weight is 347 g/mol. The van der Waals surface area contributed by atoms with E-state index in [4.69, 9.17) is 0 Å². The number of hydrogen-bond acceptors (Lipinski definition) is 1. The van der Waals surface area contributed by atoms with Crippen LogP contribution in [0, 0.1) is 0 Å². The van der Waals surface area contributed by atoms with Gasteiger partial charge in [0.1, 0.15) is 0 Å². The zero-order chi connectivity index (χ0) is 15.2. The third-order valence-corrected chi connectivity index (χ3v) is 4.05. The van der Waals surface area contributed by atoms with Gasteiger partial charge in [-0.15, -0.1) is 0 Å².